The predicted octanol–water partition coefficient (Wildman–Crippen LogP) is 3.78. The van der Waals surface area contributed by atoms with E-state index in [1.807, 2.05) is 0 Å². The third-order valence-electron chi connectivity index (χ3n) is 1.75. The number of alkyl halides is 2. The summed E-state index contributed by atoms with van der Waals surface area (Å²) >= 11 is 10.9. The molecule has 0 spiro atoms. The quantitative estimate of drug-likeness (QED) is 0.418. The zero-order valence-corrected chi connectivity index (χ0v) is 9.04. The smallest absolute Gasteiger partial charge is 0.120 e. The van der Waals surface area contributed by atoms with Crippen molar-refractivity contribution in [3.63, 3.8) is 0 Å². The van der Waals surface area contributed by atoms with E-state index in [2.05, 4.69) is 0 Å². The number of ether oxygens (including phenoxy) is 1. The largest absolute Gasteiger partial charge is 0.366 e. The average molecular weight is 213 g/mol. The van der Waals surface area contributed by atoms with Crippen LogP contribution in [0.4, 0.5) is 0 Å². The molecule has 0 heterocycles. The van der Waals surface area contributed by atoms with Crippen LogP contribution in [0.2, 0.25) is 0 Å². The second-order valence-electron chi connectivity index (χ2n) is 2.83. The molecule has 0 bridgehead atoms. The van der Waals surface area contributed by atoms with Crippen molar-refractivity contribution in [2.24, 2.45) is 0 Å². The maximum Gasteiger partial charge on any atom is 0.120 e. The normalized spacial score (nSPS) is 10.5. The molecule has 1 nitrogen and oxygen atoms in total. The highest BCUT2D eigenvalue weighted by Gasteiger charge is 1.90. The van der Waals surface area contributed by atoms with Crippen molar-refractivity contribution in [2.45, 2.75) is 38.5 Å². The zero-order valence-electron chi connectivity index (χ0n) is 7.53. The number of unbranched alkanes of at least 4 members (excludes halogenated alkanes) is 5. The highest BCUT2D eigenvalue weighted by molar-refractivity contribution is 6.17. The molecule has 0 amide bonds. The molecule has 74 valence electrons. The lowest BCUT2D eigenvalue weighted by Gasteiger charge is -2.00. The Morgan fingerprint density at radius 1 is 0.750 bits per heavy atom. The molecular formula is C9H18Cl2O. The van der Waals surface area contributed by atoms with Crippen LogP contribution in [0.5, 0.6) is 0 Å². The van der Waals surface area contributed by atoms with Crippen molar-refractivity contribution in [2.75, 3.05) is 18.6 Å². The molecule has 0 rings (SSSR count). The number of hydrogen-bond donors (Lipinski definition) is 0. The Labute approximate surface area is 85.4 Å². The van der Waals surface area contributed by atoms with Gasteiger partial charge < -0.3 is 4.74 Å². The van der Waals surface area contributed by atoms with Crippen molar-refractivity contribution in [1.82, 2.24) is 0 Å². The van der Waals surface area contributed by atoms with Gasteiger partial charge in [0.1, 0.15) is 6.07 Å². The van der Waals surface area contributed by atoms with E-state index in [9.17, 15) is 0 Å². The highest BCUT2D eigenvalue weighted by Crippen LogP contribution is 2.05. The lowest BCUT2D eigenvalue weighted by molar-refractivity contribution is 0.173. The maximum absolute atomic E-state index is 5.55. The van der Waals surface area contributed by atoms with Gasteiger partial charge in [-0.15, -0.1) is 11.6 Å². The molecule has 3 heteroatoms. The van der Waals surface area contributed by atoms with Crippen LogP contribution < -0.4 is 0 Å². The van der Waals surface area contributed by atoms with Gasteiger partial charge in [0, 0.05) is 12.5 Å². The molecule has 12 heavy (non-hydrogen) atoms. The van der Waals surface area contributed by atoms with Crippen LogP contribution in [0.1, 0.15) is 38.5 Å². The van der Waals surface area contributed by atoms with E-state index in [1.165, 1.54) is 25.7 Å². The van der Waals surface area contributed by atoms with Crippen molar-refractivity contribution < 1.29 is 4.74 Å². The van der Waals surface area contributed by atoms with Crippen molar-refractivity contribution in [3.05, 3.63) is 0 Å². The van der Waals surface area contributed by atoms with Gasteiger partial charge in [0.15, 0.2) is 0 Å². The minimum absolute atomic E-state index is 0.326. The number of halogens is 2. The monoisotopic (exact) mass is 212 g/mol. The molecule has 0 atom stereocenters. The summed E-state index contributed by atoms with van der Waals surface area (Å²) in [6.45, 7) is 0.805. The Balaban J connectivity index is 2.73. The summed E-state index contributed by atoms with van der Waals surface area (Å²) in [5, 5.41) is 0. The van der Waals surface area contributed by atoms with Gasteiger partial charge in [-0.1, -0.05) is 37.3 Å². The van der Waals surface area contributed by atoms with Gasteiger partial charge in [0.25, 0.3) is 0 Å². The summed E-state index contributed by atoms with van der Waals surface area (Å²) in [5.41, 5.74) is 0. The van der Waals surface area contributed by atoms with Gasteiger partial charge in [-0.2, -0.15) is 0 Å². The number of rotatable bonds is 9. The van der Waals surface area contributed by atoms with Crippen LogP contribution in [-0.4, -0.2) is 18.6 Å². The Bertz CT molecular complexity index is 68.9. The first-order valence-corrected chi connectivity index (χ1v) is 5.68. The molecule has 0 aliphatic rings. The second-order valence-corrected chi connectivity index (χ2v) is 3.42. The fourth-order valence-corrected chi connectivity index (χ4v) is 1.36. The summed E-state index contributed by atoms with van der Waals surface area (Å²) in [6.07, 6.45) is 7.39. The van der Waals surface area contributed by atoms with Crippen LogP contribution in [0, 0.1) is 0 Å². The first kappa shape index (κ1) is 12.5. The molecule has 0 saturated heterocycles. The molecule has 0 aliphatic carbocycles. The highest BCUT2D eigenvalue weighted by atomic mass is 35.5. The first-order chi connectivity index (χ1) is 5.91. The minimum atomic E-state index is 0.326. The molecule has 0 aliphatic heterocycles. The molecule has 0 unspecified atom stereocenters. The van der Waals surface area contributed by atoms with E-state index in [4.69, 9.17) is 27.9 Å². The van der Waals surface area contributed by atoms with Crippen molar-refractivity contribution >= 4 is 23.2 Å². The number of hydrogen-bond acceptors (Lipinski definition) is 1. The summed E-state index contributed by atoms with van der Waals surface area (Å²) in [6, 6.07) is 0.326. The third-order valence-corrected chi connectivity index (χ3v) is 2.17. The summed E-state index contributed by atoms with van der Waals surface area (Å²) < 4.78 is 5.01. The van der Waals surface area contributed by atoms with Crippen molar-refractivity contribution in [3.8, 4) is 0 Å². The van der Waals surface area contributed by atoms with E-state index < -0.39 is 0 Å². The van der Waals surface area contributed by atoms with Gasteiger partial charge in [0.05, 0.1) is 0 Å². The van der Waals surface area contributed by atoms with E-state index in [1.54, 1.807) is 0 Å². The van der Waals surface area contributed by atoms with Crippen LogP contribution in [0.25, 0.3) is 0 Å². The molecule has 0 aromatic heterocycles. The molecule has 0 radical (unpaired) electrons. The Morgan fingerprint density at radius 2 is 1.33 bits per heavy atom. The molecule has 0 saturated carbocycles. The van der Waals surface area contributed by atoms with Gasteiger partial charge in [-0.25, -0.2) is 0 Å². The zero-order chi connectivity index (χ0) is 9.07. The van der Waals surface area contributed by atoms with E-state index in [0.717, 1.165) is 25.3 Å². The Morgan fingerprint density at radius 3 is 1.92 bits per heavy atom. The van der Waals surface area contributed by atoms with Crippen LogP contribution in [0.15, 0.2) is 0 Å². The van der Waals surface area contributed by atoms with Crippen LogP contribution in [-0.2, 0) is 4.74 Å². The third kappa shape index (κ3) is 10.5. The SMILES string of the molecule is ClCCCCCCCCOCCl. The molecule has 0 aromatic rings. The Kier molecular flexibility index (Phi) is 12.1. The molecular weight excluding hydrogens is 195 g/mol. The van der Waals surface area contributed by atoms with Gasteiger partial charge in [0.2, 0.25) is 0 Å². The second kappa shape index (κ2) is 11.5. The summed E-state index contributed by atoms with van der Waals surface area (Å²) in [7, 11) is 0. The first-order valence-electron chi connectivity index (χ1n) is 4.61. The average Bonchev–Trinajstić information content (AvgIpc) is 2.10. The van der Waals surface area contributed by atoms with E-state index in [0.29, 0.717) is 6.07 Å². The molecule has 0 fully saturated rings. The summed E-state index contributed by atoms with van der Waals surface area (Å²) in [4.78, 5) is 0. The summed E-state index contributed by atoms with van der Waals surface area (Å²) in [5.74, 6) is 0.801. The fraction of sp³-hybridized carbons (Fsp3) is 1.00. The minimum Gasteiger partial charge on any atom is -0.366 e. The molecule has 0 aromatic carbocycles. The Hall–Kier alpha value is 0.540. The topological polar surface area (TPSA) is 9.23 Å². The van der Waals surface area contributed by atoms with E-state index >= 15 is 0 Å². The lowest BCUT2D eigenvalue weighted by atomic mass is 10.1. The fourth-order valence-electron chi connectivity index (χ4n) is 1.06. The lowest BCUT2D eigenvalue weighted by Crippen LogP contribution is -1.91. The van der Waals surface area contributed by atoms with Crippen LogP contribution in [0.3, 0.4) is 0 Å². The van der Waals surface area contributed by atoms with Gasteiger partial charge in [-0.3, -0.25) is 0 Å². The van der Waals surface area contributed by atoms with Gasteiger partial charge >= 0.3 is 0 Å². The van der Waals surface area contributed by atoms with Crippen LogP contribution >= 0.6 is 23.2 Å². The molecule has 0 N–H and O–H groups in total. The standard InChI is InChI=1S/C9H18Cl2O/c10-7-5-3-1-2-4-6-8-12-9-11/h1-9H2. The predicted molar refractivity (Wildman–Crippen MR) is 55.1 cm³/mol. The van der Waals surface area contributed by atoms with Crippen molar-refractivity contribution in [1.29, 1.82) is 0 Å². The van der Waals surface area contributed by atoms with Gasteiger partial charge in [-0.05, 0) is 12.8 Å². The van der Waals surface area contributed by atoms with E-state index in [-0.39, 0.29) is 0 Å². The maximum atomic E-state index is 5.55.